The summed E-state index contributed by atoms with van der Waals surface area (Å²) in [5, 5.41) is 1.19. The number of hydrogen-bond donors (Lipinski definition) is 0. The molecule has 0 spiro atoms. The first-order chi connectivity index (χ1) is 7.36. The van der Waals surface area contributed by atoms with Crippen molar-refractivity contribution in [1.82, 2.24) is 0 Å². The van der Waals surface area contributed by atoms with E-state index >= 15 is 0 Å². The van der Waals surface area contributed by atoms with Gasteiger partial charge < -0.3 is 0 Å². The summed E-state index contributed by atoms with van der Waals surface area (Å²) in [5.41, 5.74) is 2.87. The SMILES string of the molecule is Cc1ccccc1[Se]Cc1ccccc1. The quantitative estimate of drug-likeness (QED) is 0.745. The first kappa shape index (κ1) is 10.5. The molecule has 15 heavy (non-hydrogen) atoms. The zero-order chi connectivity index (χ0) is 10.5. The Labute approximate surface area is 97.5 Å². The van der Waals surface area contributed by atoms with Gasteiger partial charge in [0.25, 0.3) is 0 Å². The van der Waals surface area contributed by atoms with Crippen LogP contribution in [0.25, 0.3) is 0 Å². The van der Waals surface area contributed by atoms with Crippen LogP contribution in [0.1, 0.15) is 11.1 Å². The molecule has 0 aromatic heterocycles. The molecular weight excluding hydrogens is 247 g/mol. The van der Waals surface area contributed by atoms with Gasteiger partial charge in [-0.2, -0.15) is 0 Å². The molecule has 76 valence electrons. The van der Waals surface area contributed by atoms with E-state index in [0.29, 0.717) is 15.0 Å². The van der Waals surface area contributed by atoms with Gasteiger partial charge in [-0.25, -0.2) is 0 Å². The predicted octanol–water partition coefficient (Wildman–Crippen LogP) is 2.52. The number of benzene rings is 2. The van der Waals surface area contributed by atoms with Crippen LogP contribution in [-0.2, 0) is 5.32 Å². The maximum atomic E-state index is 2.25. The Morgan fingerprint density at radius 2 is 1.53 bits per heavy atom. The summed E-state index contributed by atoms with van der Waals surface area (Å²) in [7, 11) is 0. The Morgan fingerprint density at radius 1 is 0.867 bits per heavy atom. The van der Waals surface area contributed by atoms with Gasteiger partial charge in [0, 0.05) is 0 Å². The average Bonchev–Trinajstić information content (AvgIpc) is 2.29. The van der Waals surface area contributed by atoms with Gasteiger partial charge in [-0.15, -0.1) is 0 Å². The molecule has 0 saturated carbocycles. The van der Waals surface area contributed by atoms with Gasteiger partial charge in [0.2, 0.25) is 0 Å². The molecule has 0 aliphatic carbocycles. The van der Waals surface area contributed by atoms with Crippen LogP contribution >= 0.6 is 0 Å². The van der Waals surface area contributed by atoms with Crippen molar-refractivity contribution in [3.8, 4) is 0 Å². The van der Waals surface area contributed by atoms with Crippen LogP contribution in [0.3, 0.4) is 0 Å². The van der Waals surface area contributed by atoms with Crippen molar-refractivity contribution in [2.24, 2.45) is 0 Å². The molecule has 0 N–H and O–H groups in total. The number of aryl methyl sites for hydroxylation is 1. The number of rotatable bonds is 3. The second-order valence-corrected chi connectivity index (χ2v) is 5.67. The minimum absolute atomic E-state index is 0.562. The van der Waals surface area contributed by atoms with Crippen LogP contribution in [0.5, 0.6) is 0 Å². The minimum atomic E-state index is 0.562. The Balaban J connectivity index is 2.03. The van der Waals surface area contributed by atoms with Gasteiger partial charge in [0.15, 0.2) is 0 Å². The van der Waals surface area contributed by atoms with E-state index < -0.39 is 0 Å². The van der Waals surface area contributed by atoms with Gasteiger partial charge in [0.05, 0.1) is 0 Å². The molecule has 0 aliphatic heterocycles. The van der Waals surface area contributed by atoms with Crippen molar-refractivity contribution in [3.05, 3.63) is 65.7 Å². The molecule has 0 bridgehead atoms. The molecular formula is C14H14Se. The van der Waals surface area contributed by atoms with E-state index in [-0.39, 0.29) is 0 Å². The van der Waals surface area contributed by atoms with Crippen LogP contribution in [0.2, 0.25) is 0 Å². The molecule has 0 unspecified atom stereocenters. The summed E-state index contributed by atoms with van der Waals surface area (Å²) in [6.07, 6.45) is 0. The summed E-state index contributed by atoms with van der Waals surface area (Å²) in [6, 6.07) is 19.4. The topological polar surface area (TPSA) is 0 Å². The monoisotopic (exact) mass is 262 g/mol. The van der Waals surface area contributed by atoms with Crippen LogP contribution in [0.4, 0.5) is 0 Å². The Morgan fingerprint density at radius 3 is 2.27 bits per heavy atom. The summed E-state index contributed by atoms with van der Waals surface area (Å²) >= 11 is 0.562. The zero-order valence-electron chi connectivity index (χ0n) is 8.81. The van der Waals surface area contributed by atoms with Crippen LogP contribution < -0.4 is 4.46 Å². The molecule has 2 aromatic carbocycles. The van der Waals surface area contributed by atoms with Gasteiger partial charge in [-0.3, -0.25) is 0 Å². The van der Waals surface area contributed by atoms with Crippen LogP contribution in [0.15, 0.2) is 54.6 Å². The normalized spacial score (nSPS) is 10.2. The van der Waals surface area contributed by atoms with Crippen molar-refractivity contribution >= 4 is 19.4 Å². The third-order valence-electron chi connectivity index (χ3n) is 2.33. The summed E-state index contributed by atoms with van der Waals surface area (Å²) in [4.78, 5) is 0. The van der Waals surface area contributed by atoms with Gasteiger partial charge in [-0.05, 0) is 0 Å². The van der Waals surface area contributed by atoms with E-state index in [4.69, 9.17) is 0 Å². The summed E-state index contributed by atoms with van der Waals surface area (Å²) < 4.78 is 1.52. The second-order valence-electron chi connectivity index (χ2n) is 3.54. The second kappa shape index (κ2) is 5.16. The van der Waals surface area contributed by atoms with E-state index in [9.17, 15) is 0 Å². The molecule has 0 aliphatic rings. The third kappa shape index (κ3) is 2.95. The molecule has 0 nitrogen and oxygen atoms in total. The van der Waals surface area contributed by atoms with Crippen molar-refractivity contribution < 1.29 is 0 Å². The molecule has 0 heterocycles. The first-order valence-corrected chi connectivity index (χ1v) is 7.15. The van der Waals surface area contributed by atoms with E-state index in [1.165, 1.54) is 20.9 Å². The van der Waals surface area contributed by atoms with Crippen molar-refractivity contribution in [3.63, 3.8) is 0 Å². The number of hydrogen-bond acceptors (Lipinski definition) is 0. The molecule has 0 fully saturated rings. The fourth-order valence-electron chi connectivity index (χ4n) is 1.45. The summed E-state index contributed by atoms with van der Waals surface area (Å²) in [6.45, 7) is 2.20. The van der Waals surface area contributed by atoms with Gasteiger partial charge in [0.1, 0.15) is 0 Å². The fourth-order valence-corrected chi connectivity index (χ4v) is 3.52. The Hall–Kier alpha value is -1.04. The van der Waals surface area contributed by atoms with E-state index in [1.807, 2.05) is 0 Å². The summed E-state index contributed by atoms with van der Waals surface area (Å²) in [5.74, 6) is 0. The van der Waals surface area contributed by atoms with Crippen molar-refractivity contribution in [2.45, 2.75) is 12.2 Å². The molecule has 0 atom stereocenters. The van der Waals surface area contributed by atoms with Crippen molar-refractivity contribution in [1.29, 1.82) is 0 Å². The van der Waals surface area contributed by atoms with E-state index in [0.717, 1.165) is 0 Å². The Kier molecular flexibility index (Phi) is 3.60. The molecule has 2 rings (SSSR count). The first-order valence-electron chi connectivity index (χ1n) is 5.08. The zero-order valence-corrected chi connectivity index (χ0v) is 10.5. The maximum absolute atomic E-state index is 2.25. The van der Waals surface area contributed by atoms with Crippen LogP contribution in [-0.4, -0.2) is 15.0 Å². The fraction of sp³-hybridized carbons (Fsp3) is 0.143. The molecule has 0 radical (unpaired) electrons. The standard InChI is InChI=1S/C14H14Se/c1-12-7-5-6-10-14(12)15-11-13-8-3-2-4-9-13/h2-10H,11H2,1H3. The van der Waals surface area contributed by atoms with E-state index in [1.54, 1.807) is 0 Å². The molecule has 0 saturated heterocycles. The third-order valence-corrected chi connectivity index (χ3v) is 4.95. The Bertz CT molecular complexity index is 420. The van der Waals surface area contributed by atoms with Crippen LogP contribution in [0, 0.1) is 6.92 Å². The average molecular weight is 261 g/mol. The van der Waals surface area contributed by atoms with Gasteiger partial charge in [-0.1, -0.05) is 0 Å². The molecule has 2 aromatic rings. The van der Waals surface area contributed by atoms with Crippen molar-refractivity contribution in [2.75, 3.05) is 0 Å². The van der Waals surface area contributed by atoms with E-state index in [2.05, 4.69) is 61.5 Å². The molecule has 1 heteroatoms. The van der Waals surface area contributed by atoms with Gasteiger partial charge >= 0.3 is 97.4 Å². The predicted molar refractivity (Wildman–Crippen MR) is 66.7 cm³/mol. The molecule has 0 amide bonds.